The molecular weight excluding hydrogens is 734 g/mol. The minimum Gasteiger partial charge on any atom is -0.481 e. The normalized spacial score (nSPS) is 21.6. The summed E-state index contributed by atoms with van der Waals surface area (Å²) in [5, 5.41) is 19.2. The Morgan fingerprint density at radius 2 is 1.18 bits per heavy atom. The number of carbonyl (C=O) groups is 10. The zero-order valence-electron chi connectivity index (χ0n) is 32.7. The number of primary amides is 2. The summed E-state index contributed by atoms with van der Waals surface area (Å²) < 4.78 is 0. The van der Waals surface area contributed by atoms with Gasteiger partial charge in [0.05, 0.1) is 6.42 Å². The Morgan fingerprint density at radius 3 is 1.70 bits per heavy atom. The third-order valence-electron chi connectivity index (χ3n) is 10.4. The zero-order valence-corrected chi connectivity index (χ0v) is 32.7. The summed E-state index contributed by atoms with van der Waals surface area (Å²) >= 11 is 0. The van der Waals surface area contributed by atoms with Crippen LogP contribution < -0.4 is 32.7 Å². The molecule has 9 N–H and O–H groups in total. The van der Waals surface area contributed by atoms with Gasteiger partial charge in [0, 0.05) is 33.0 Å². The number of rotatable bonds is 18. The van der Waals surface area contributed by atoms with E-state index in [0.29, 0.717) is 38.6 Å². The Hall–Kier alpha value is -5.30. The molecule has 3 aliphatic rings. The van der Waals surface area contributed by atoms with E-state index in [1.807, 2.05) is 0 Å². The van der Waals surface area contributed by atoms with E-state index in [1.165, 1.54) is 14.7 Å². The van der Waals surface area contributed by atoms with Gasteiger partial charge in [-0.2, -0.15) is 0 Å². The van der Waals surface area contributed by atoms with E-state index in [0.717, 1.165) is 6.92 Å². The van der Waals surface area contributed by atoms with E-state index in [1.54, 1.807) is 27.7 Å². The number of carbonyl (C=O) groups excluding carboxylic acids is 9. The van der Waals surface area contributed by atoms with Gasteiger partial charge in [-0.1, -0.05) is 27.7 Å². The van der Waals surface area contributed by atoms with Gasteiger partial charge >= 0.3 is 5.97 Å². The van der Waals surface area contributed by atoms with E-state index in [-0.39, 0.29) is 31.8 Å². The molecule has 3 rings (SSSR count). The number of carboxylic acid groups (broad SMARTS) is 1. The minimum absolute atomic E-state index is 0.0954. The van der Waals surface area contributed by atoms with Crippen LogP contribution in [0.1, 0.15) is 92.4 Å². The van der Waals surface area contributed by atoms with Gasteiger partial charge in [-0.05, 0) is 56.8 Å². The lowest BCUT2D eigenvalue weighted by Crippen LogP contribution is -2.60. The first-order valence-corrected chi connectivity index (χ1v) is 19.1. The van der Waals surface area contributed by atoms with Crippen molar-refractivity contribution in [3.63, 3.8) is 0 Å². The molecule has 3 fully saturated rings. The Kier molecular flexibility index (Phi) is 16.1. The van der Waals surface area contributed by atoms with Crippen molar-refractivity contribution in [2.75, 3.05) is 19.6 Å². The summed E-state index contributed by atoms with van der Waals surface area (Å²) in [6, 6.07) is -7.84. The maximum absolute atomic E-state index is 14.1. The quantitative estimate of drug-likeness (QED) is 0.0759. The maximum Gasteiger partial charge on any atom is 0.303 e. The van der Waals surface area contributed by atoms with Gasteiger partial charge in [0.15, 0.2) is 0 Å². The van der Waals surface area contributed by atoms with Crippen LogP contribution in [0.25, 0.3) is 0 Å². The number of carboxylic acids is 1. The molecule has 20 nitrogen and oxygen atoms in total. The molecule has 312 valence electrons. The molecule has 0 aliphatic carbocycles. The van der Waals surface area contributed by atoms with Crippen molar-refractivity contribution in [1.82, 2.24) is 36.0 Å². The molecule has 0 unspecified atom stereocenters. The number of likely N-dealkylation sites (tertiary alicyclic amines) is 3. The molecule has 0 aromatic rings. The first-order valence-electron chi connectivity index (χ1n) is 19.1. The number of hydrogen-bond acceptors (Lipinski definition) is 10. The van der Waals surface area contributed by atoms with Crippen molar-refractivity contribution in [1.29, 1.82) is 0 Å². The molecule has 0 saturated carbocycles. The molecular formula is C36H57N9O11. The summed E-state index contributed by atoms with van der Waals surface area (Å²) in [6.45, 7) is 8.47. The van der Waals surface area contributed by atoms with Gasteiger partial charge in [-0.15, -0.1) is 0 Å². The fourth-order valence-corrected chi connectivity index (χ4v) is 7.48. The van der Waals surface area contributed by atoms with Crippen LogP contribution in [0.5, 0.6) is 0 Å². The summed E-state index contributed by atoms with van der Waals surface area (Å²) in [6.07, 6.45) is 1.08. The van der Waals surface area contributed by atoms with Crippen LogP contribution >= 0.6 is 0 Å². The first kappa shape index (κ1) is 45.1. The average Bonchev–Trinajstić information content (AvgIpc) is 3.90. The molecule has 0 radical (unpaired) electrons. The van der Waals surface area contributed by atoms with Gasteiger partial charge in [-0.3, -0.25) is 47.9 Å². The van der Waals surface area contributed by atoms with E-state index in [2.05, 4.69) is 21.3 Å². The van der Waals surface area contributed by atoms with Gasteiger partial charge in [0.2, 0.25) is 53.2 Å². The molecule has 9 amide bonds. The van der Waals surface area contributed by atoms with Crippen LogP contribution in [0.15, 0.2) is 0 Å². The van der Waals surface area contributed by atoms with Crippen molar-refractivity contribution in [2.24, 2.45) is 23.3 Å². The highest BCUT2D eigenvalue weighted by Gasteiger charge is 2.45. The Bertz CT molecular complexity index is 1550. The van der Waals surface area contributed by atoms with Gasteiger partial charge in [0.1, 0.15) is 42.3 Å². The summed E-state index contributed by atoms with van der Waals surface area (Å²) in [7, 11) is 0. The minimum atomic E-state index is -1.53. The average molecular weight is 792 g/mol. The summed E-state index contributed by atoms with van der Waals surface area (Å²) in [4.78, 5) is 133. The highest BCUT2D eigenvalue weighted by molar-refractivity contribution is 5.99. The molecule has 0 bridgehead atoms. The molecule has 20 heteroatoms. The molecule has 3 heterocycles. The molecule has 7 atom stereocenters. The lowest BCUT2D eigenvalue weighted by Gasteiger charge is -2.34. The highest BCUT2D eigenvalue weighted by Crippen LogP contribution is 2.27. The number of hydrogen-bond donors (Lipinski definition) is 7. The standard InChI is InChI=1S/C36H57N9O11/c1-18(2)28(41-31(51)21(39-20(5)46)12-13-27(48)49)33(53)40-22(17-26(37)47)34(54)45-16-8-11-25(45)35(55)44-15-7-10-24(44)32(52)42-29(19(3)4)36(56)43-14-6-9-23(43)30(38)50/h18-19,21-25,28-29H,6-17H2,1-5H3,(H2,37,47)(H2,38,50)(H,39,46)(H,40,53)(H,41,51)(H,42,52)(H,48,49)/t21-,22-,23-,24-,25-,28-,29-/m0/s1. The van der Waals surface area contributed by atoms with Gasteiger partial charge < -0.3 is 52.5 Å². The Balaban J connectivity index is 1.76. The third-order valence-corrected chi connectivity index (χ3v) is 10.4. The SMILES string of the molecule is CC(=O)N[C@@H](CCC(=O)O)C(=O)N[C@H](C(=O)N[C@@H](CC(N)=O)C(=O)N1CCC[C@H]1C(=O)N1CCC[C@H]1C(=O)N[C@H](C(=O)N1CCC[C@H]1C(N)=O)C(C)C)C(C)C. The summed E-state index contributed by atoms with van der Waals surface area (Å²) in [5.74, 6) is -8.29. The predicted octanol–water partition coefficient (Wildman–Crippen LogP) is -2.54. The van der Waals surface area contributed by atoms with Crippen LogP contribution in [0, 0.1) is 11.8 Å². The number of amides is 9. The number of nitrogens with zero attached hydrogens (tertiary/aromatic N) is 3. The molecule has 0 spiro atoms. The monoisotopic (exact) mass is 791 g/mol. The largest absolute Gasteiger partial charge is 0.481 e. The van der Waals surface area contributed by atoms with E-state index < -0.39 is 120 Å². The molecule has 3 saturated heterocycles. The molecule has 56 heavy (non-hydrogen) atoms. The summed E-state index contributed by atoms with van der Waals surface area (Å²) in [5.41, 5.74) is 11.0. The third kappa shape index (κ3) is 11.6. The Morgan fingerprint density at radius 1 is 0.643 bits per heavy atom. The van der Waals surface area contributed by atoms with Crippen LogP contribution in [0.4, 0.5) is 0 Å². The number of aliphatic carboxylic acids is 1. The second-order valence-corrected chi connectivity index (χ2v) is 15.3. The van der Waals surface area contributed by atoms with Crippen LogP contribution in [0.2, 0.25) is 0 Å². The fourth-order valence-electron chi connectivity index (χ4n) is 7.48. The van der Waals surface area contributed by atoms with Crippen LogP contribution in [-0.4, -0.2) is 141 Å². The van der Waals surface area contributed by atoms with Crippen molar-refractivity contribution in [2.45, 2.75) is 135 Å². The first-order chi connectivity index (χ1) is 26.2. The van der Waals surface area contributed by atoms with Crippen molar-refractivity contribution in [3.05, 3.63) is 0 Å². The topological polar surface area (TPSA) is 301 Å². The van der Waals surface area contributed by atoms with E-state index in [9.17, 15) is 47.9 Å². The lowest BCUT2D eigenvalue weighted by molar-refractivity contribution is -0.149. The van der Waals surface area contributed by atoms with Crippen LogP contribution in [0.3, 0.4) is 0 Å². The Labute approximate surface area is 325 Å². The second-order valence-electron chi connectivity index (χ2n) is 15.3. The van der Waals surface area contributed by atoms with Crippen LogP contribution in [-0.2, 0) is 47.9 Å². The number of nitrogens with two attached hydrogens (primary N) is 2. The van der Waals surface area contributed by atoms with Gasteiger partial charge in [-0.25, -0.2) is 0 Å². The lowest BCUT2D eigenvalue weighted by atomic mass is 10.0. The molecule has 0 aromatic carbocycles. The second kappa shape index (κ2) is 20.0. The maximum atomic E-state index is 14.1. The number of nitrogens with one attached hydrogen (secondary N) is 4. The van der Waals surface area contributed by atoms with Crippen molar-refractivity contribution >= 4 is 59.1 Å². The van der Waals surface area contributed by atoms with E-state index in [4.69, 9.17) is 16.6 Å². The predicted molar refractivity (Wildman–Crippen MR) is 197 cm³/mol. The fraction of sp³-hybridized carbons (Fsp3) is 0.722. The van der Waals surface area contributed by atoms with Crippen molar-refractivity contribution < 1.29 is 53.1 Å². The van der Waals surface area contributed by atoms with Crippen molar-refractivity contribution in [3.8, 4) is 0 Å². The molecule has 0 aromatic heterocycles. The smallest absolute Gasteiger partial charge is 0.303 e. The molecule has 3 aliphatic heterocycles. The van der Waals surface area contributed by atoms with E-state index >= 15 is 0 Å². The highest BCUT2D eigenvalue weighted by atomic mass is 16.4. The zero-order chi connectivity index (χ0) is 42.0. The van der Waals surface area contributed by atoms with Gasteiger partial charge in [0.25, 0.3) is 0 Å².